The number of anilines is 1. The van der Waals surface area contributed by atoms with Gasteiger partial charge in [0, 0.05) is 16.9 Å². The number of aryl methyl sites for hydroxylation is 2. The minimum Gasteiger partial charge on any atom is -0.268 e. The molecule has 0 saturated heterocycles. The molecule has 0 bridgehead atoms. The number of imide groups is 1. The van der Waals surface area contributed by atoms with Gasteiger partial charge in [0.2, 0.25) is 0 Å². The minimum absolute atomic E-state index is 0.306. The molecular weight excluding hydrogens is 320 g/mol. The standard InChI is InChI=1S/C15H11BrN2O2/c1-8-5-9(2)13(12(16)6-8)18-14(19)10-3-4-17-7-11(10)15(18)20/h3-7H,1-2H3. The predicted molar refractivity (Wildman–Crippen MR) is 79.0 cm³/mol. The molecule has 0 unspecified atom stereocenters. The van der Waals surface area contributed by atoms with Crippen LogP contribution >= 0.6 is 15.9 Å². The van der Waals surface area contributed by atoms with Crippen LogP contribution in [0.5, 0.6) is 0 Å². The fraction of sp³-hybridized carbons (Fsp3) is 0.133. The van der Waals surface area contributed by atoms with Gasteiger partial charge in [0.25, 0.3) is 11.8 Å². The van der Waals surface area contributed by atoms with Gasteiger partial charge in [0.1, 0.15) is 0 Å². The summed E-state index contributed by atoms with van der Waals surface area (Å²) in [6.45, 7) is 3.85. The highest BCUT2D eigenvalue weighted by atomic mass is 79.9. The first kappa shape index (κ1) is 13.0. The molecule has 1 aromatic heterocycles. The van der Waals surface area contributed by atoms with E-state index in [1.807, 2.05) is 26.0 Å². The van der Waals surface area contributed by atoms with Crippen molar-refractivity contribution in [2.75, 3.05) is 4.90 Å². The number of aromatic nitrogens is 1. The van der Waals surface area contributed by atoms with E-state index in [4.69, 9.17) is 0 Å². The number of benzene rings is 1. The monoisotopic (exact) mass is 330 g/mol. The molecule has 1 aliphatic heterocycles. The fourth-order valence-electron chi connectivity index (χ4n) is 2.48. The van der Waals surface area contributed by atoms with Gasteiger partial charge in [-0.1, -0.05) is 6.07 Å². The van der Waals surface area contributed by atoms with E-state index < -0.39 is 0 Å². The second-order valence-corrected chi connectivity index (χ2v) is 5.63. The van der Waals surface area contributed by atoms with Crippen LogP contribution in [-0.4, -0.2) is 16.8 Å². The van der Waals surface area contributed by atoms with E-state index in [1.54, 1.807) is 6.07 Å². The Morgan fingerprint density at radius 3 is 2.45 bits per heavy atom. The SMILES string of the molecule is Cc1cc(C)c(N2C(=O)c3ccncc3C2=O)c(Br)c1. The van der Waals surface area contributed by atoms with Crippen LogP contribution in [0.2, 0.25) is 0 Å². The van der Waals surface area contributed by atoms with Crippen molar-refractivity contribution in [2.45, 2.75) is 13.8 Å². The summed E-state index contributed by atoms with van der Waals surface area (Å²) < 4.78 is 0.734. The Balaban J connectivity index is 2.19. The predicted octanol–water partition coefficient (Wildman–Crippen LogP) is 3.26. The summed E-state index contributed by atoms with van der Waals surface area (Å²) in [6.07, 6.45) is 2.96. The van der Waals surface area contributed by atoms with Gasteiger partial charge in [-0.2, -0.15) is 0 Å². The molecule has 5 heteroatoms. The molecule has 3 rings (SSSR count). The van der Waals surface area contributed by atoms with Gasteiger partial charge in [-0.05, 0) is 53.0 Å². The van der Waals surface area contributed by atoms with E-state index in [1.165, 1.54) is 17.3 Å². The van der Waals surface area contributed by atoms with Crippen LogP contribution in [0.4, 0.5) is 5.69 Å². The lowest BCUT2D eigenvalue weighted by molar-refractivity contribution is 0.0925. The molecule has 2 aromatic rings. The van der Waals surface area contributed by atoms with E-state index in [2.05, 4.69) is 20.9 Å². The first-order chi connectivity index (χ1) is 9.50. The van der Waals surface area contributed by atoms with Crippen molar-refractivity contribution in [1.29, 1.82) is 0 Å². The number of carbonyl (C=O) groups is 2. The zero-order valence-corrected chi connectivity index (χ0v) is 12.6. The number of pyridine rings is 1. The van der Waals surface area contributed by atoms with Crippen LogP contribution in [0.1, 0.15) is 31.8 Å². The molecule has 1 aromatic carbocycles. The molecule has 100 valence electrons. The first-order valence-corrected chi connectivity index (χ1v) is 6.89. The number of halogens is 1. The number of rotatable bonds is 1. The lowest BCUT2D eigenvalue weighted by Crippen LogP contribution is -2.30. The zero-order chi connectivity index (χ0) is 14.4. The van der Waals surface area contributed by atoms with Crippen molar-refractivity contribution in [3.05, 3.63) is 57.3 Å². The van der Waals surface area contributed by atoms with E-state index in [9.17, 15) is 9.59 Å². The van der Waals surface area contributed by atoms with Gasteiger partial charge in [-0.3, -0.25) is 14.6 Å². The number of hydrogen-bond acceptors (Lipinski definition) is 3. The van der Waals surface area contributed by atoms with E-state index in [0.29, 0.717) is 16.8 Å². The van der Waals surface area contributed by atoms with Gasteiger partial charge in [0.05, 0.1) is 16.8 Å². The van der Waals surface area contributed by atoms with Gasteiger partial charge in [0.15, 0.2) is 0 Å². The van der Waals surface area contributed by atoms with Crippen LogP contribution in [0.15, 0.2) is 35.1 Å². The molecule has 0 aliphatic carbocycles. The normalized spacial score (nSPS) is 13.8. The summed E-state index contributed by atoms with van der Waals surface area (Å²) in [5.41, 5.74) is 3.29. The lowest BCUT2D eigenvalue weighted by atomic mass is 10.1. The van der Waals surface area contributed by atoms with E-state index in [0.717, 1.165) is 15.6 Å². The molecule has 1 aliphatic rings. The van der Waals surface area contributed by atoms with E-state index in [-0.39, 0.29) is 11.8 Å². The molecule has 0 atom stereocenters. The van der Waals surface area contributed by atoms with Crippen molar-refractivity contribution in [2.24, 2.45) is 0 Å². The smallest absolute Gasteiger partial charge is 0.267 e. The number of carbonyl (C=O) groups excluding carboxylic acids is 2. The van der Waals surface area contributed by atoms with Crippen LogP contribution in [0.3, 0.4) is 0 Å². The molecule has 0 radical (unpaired) electrons. The Labute approximate surface area is 124 Å². The minimum atomic E-state index is -0.328. The molecule has 4 nitrogen and oxygen atoms in total. The number of amides is 2. The summed E-state index contributed by atoms with van der Waals surface area (Å²) in [5, 5.41) is 0. The average Bonchev–Trinajstić information content (AvgIpc) is 2.64. The maximum Gasteiger partial charge on any atom is 0.267 e. The number of fused-ring (bicyclic) bond motifs is 1. The van der Waals surface area contributed by atoms with Crippen molar-refractivity contribution in [3.8, 4) is 0 Å². The van der Waals surface area contributed by atoms with Crippen molar-refractivity contribution >= 4 is 33.4 Å². The van der Waals surface area contributed by atoms with Crippen molar-refractivity contribution in [3.63, 3.8) is 0 Å². The molecule has 0 saturated carbocycles. The second kappa shape index (κ2) is 4.52. The maximum atomic E-state index is 12.5. The Bertz CT molecular complexity index is 697. The summed E-state index contributed by atoms with van der Waals surface area (Å²) in [6, 6.07) is 5.42. The number of nitrogens with zero attached hydrogens (tertiary/aromatic N) is 2. The van der Waals surface area contributed by atoms with Gasteiger partial charge in [-0.15, -0.1) is 0 Å². The highest BCUT2D eigenvalue weighted by Gasteiger charge is 2.38. The zero-order valence-electron chi connectivity index (χ0n) is 11.0. The lowest BCUT2D eigenvalue weighted by Gasteiger charge is -2.19. The highest BCUT2D eigenvalue weighted by molar-refractivity contribution is 9.10. The Hall–Kier alpha value is -2.01. The number of hydrogen-bond donors (Lipinski definition) is 0. The van der Waals surface area contributed by atoms with Crippen molar-refractivity contribution in [1.82, 2.24) is 4.98 Å². The maximum absolute atomic E-state index is 12.5. The third-order valence-electron chi connectivity index (χ3n) is 3.31. The van der Waals surface area contributed by atoms with Crippen LogP contribution in [-0.2, 0) is 0 Å². The fourth-order valence-corrected chi connectivity index (χ4v) is 3.33. The Morgan fingerprint density at radius 1 is 1.10 bits per heavy atom. The summed E-state index contributed by atoms with van der Waals surface area (Å²) in [5.74, 6) is -0.634. The third kappa shape index (κ3) is 1.78. The van der Waals surface area contributed by atoms with Gasteiger partial charge >= 0.3 is 0 Å². The first-order valence-electron chi connectivity index (χ1n) is 6.10. The topological polar surface area (TPSA) is 50.3 Å². The highest BCUT2D eigenvalue weighted by Crippen LogP contribution is 2.36. The molecule has 2 heterocycles. The molecular formula is C15H11BrN2O2. The average molecular weight is 331 g/mol. The summed E-state index contributed by atoms with van der Waals surface area (Å²) >= 11 is 3.45. The molecule has 0 spiro atoms. The van der Waals surface area contributed by atoms with Crippen molar-refractivity contribution < 1.29 is 9.59 Å². The summed E-state index contributed by atoms with van der Waals surface area (Å²) in [4.78, 5) is 30.0. The van der Waals surface area contributed by atoms with Crippen LogP contribution in [0.25, 0.3) is 0 Å². The third-order valence-corrected chi connectivity index (χ3v) is 3.91. The largest absolute Gasteiger partial charge is 0.268 e. The van der Waals surface area contributed by atoms with Gasteiger partial charge < -0.3 is 0 Å². The van der Waals surface area contributed by atoms with E-state index >= 15 is 0 Å². The molecule has 0 fully saturated rings. The molecule has 0 N–H and O–H groups in total. The quantitative estimate of drug-likeness (QED) is 0.754. The van der Waals surface area contributed by atoms with Crippen LogP contribution in [0, 0.1) is 13.8 Å². The Kier molecular flexibility index (Phi) is 2.94. The Morgan fingerprint density at radius 2 is 1.80 bits per heavy atom. The van der Waals surface area contributed by atoms with Gasteiger partial charge in [-0.25, -0.2) is 4.90 Å². The summed E-state index contributed by atoms with van der Waals surface area (Å²) in [7, 11) is 0. The molecule has 20 heavy (non-hydrogen) atoms. The van der Waals surface area contributed by atoms with Crippen LogP contribution < -0.4 is 4.90 Å². The second-order valence-electron chi connectivity index (χ2n) is 4.78. The molecule has 2 amide bonds.